The molecule has 0 aliphatic carbocycles. The minimum Gasteiger partial charge on any atom is -0.619 e. The lowest BCUT2D eigenvalue weighted by Gasteiger charge is -2.26. The molecule has 0 spiro atoms. The van der Waals surface area contributed by atoms with Gasteiger partial charge >= 0.3 is 12.1 Å². The molecule has 0 radical (unpaired) electrons. The summed E-state index contributed by atoms with van der Waals surface area (Å²) in [6.07, 6.45) is 1.94. The number of carboxylic acid groups (broad SMARTS) is 1. The molecule has 1 aliphatic heterocycles. The number of carbonyl (C=O) groups is 2. The number of nitrogens with zero attached hydrogens (tertiary/aromatic N) is 2. The highest BCUT2D eigenvalue weighted by Gasteiger charge is 2.43. The lowest BCUT2D eigenvalue weighted by atomic mass is 10.2. The number of ether oxygens (including phenoxy) is 1. The van der Waals surface area contributed by atoms with Gasteiger partial charge in [0, 0.05) is 17.9 Å². The third kappa shape index (κ3) is 3.85. The van der Waals surface area contributed by atoms with Gasteiger partial charge in [-0.05, 0) is 11.1 Å². The van der Waals surface area contributed by atoms with Crippen molar-refractivity contribution >= 4 is 23.8 Å². The molecule has 1 amide bonds. The van der Waals surface area contributed by atoms with Crippen molar-refractivity contribution in [3.8, 4) is 0 Å². The highest BCUT2D eigenvalue weighted by atomic mass is 32.2. The SMILES string of the molecule is O=C(O)C1CS[C@H](c2cc[n+]([O-])cc2)N1C(=O)OCc1ccccc1. The zero-order valence-electron chi connectivity index (χ0n) is 13.1. The molecule has 1 aromatic carbocycles. The number of benzene rings is 1. The predicted molar refractivity (Wildman–Crippen MR) is 90.5 cm³/mol. The standard InChI is InChI=1S/C17H16N2O5S/c20-16(21)14-11-25-15(13-6-8-18(23)9-7-13)19(14)17(22)24-10-12-4-2-1-3-5-12/h1-9,14-15H,10-11H2,(H,20,21)/t14?,15-/m1/s1. The Hall–Kier alpha value is -2.74. The van der Waals surface area contributed by atoms with Gasteiger partial charge in [0.05, 0.1) is 0 Å². The number of hydrogen-bond donors (Lipinski definition) is 1. The third-order valence-electron chi connectivity index (χ3n) is 3.81. The van der Waals surface area contributed by atoms with Crippen molar-refractivity contribution in [1.29, 1.82) is 0 Å². The smallest absolute Gasteiger partial charge is 0.412 e. The number of aromatic nitrogens is 1. The topological polar surface area (TPSA) is 93.8 Å². The van der Waals surface area contributed by atoms with E-state index >= 15 is 0 Å². The number of aliphatic carboxylic acids is 1. The third-order valence-corrected chi connectivity index (χ3v) is 5.14. The van der Waals surface area contributed by atoms with E-state index in [9.17, 15) is 19.9 Å². The van der Waals surface area contributed by atoms with Gasteiger partial charge in [-0.1, -0.05) is 30.3 Å². The molecule has 2 heterocycles. The summed E-state index contributed by atoms with van der Waals surface area (Å²) in [5, 5.41) is 20.1. The van der Waals surface area contributed by atoms with Gasteiger partial charge in [0.1, 0.15) is 18.0 Å². The summed E-state index contributed by atoms with van der Waals surface area (Å²) in [5.41, 5.74) is 1.50. The quantitative estimate of drug-likeness (QED) is 0.663. The van der Waals surface area contributed by atoms with E-state index in [4.69, 9.17) is 4.74 Å². The minimum absolute atomic E-state index is 0.0647. The van der Waals surface area contributed by atoms with Gasteiger partial charge in [-0.25, -0.2) is 9.59 Å². The van der Waals surface area contributed by atoms with E-state index in [1.807, 2.05) is 30.3 Å². The molecular formula is C17H16N2O5S. The molecule has 2 aromatic rings. The van der Waals surface area contributed by atoms with E-state index in [0.29, 0.717) is 10.3 Å². The van der Waals surface area contributed by atoms with Gasteiger partial charge in [-0.2, -0.15) is 4.73 Å². The number of carbonyl (C=O) groups excluding carboxylic acids is 1. The first-order chi connectivity index (χ1) is 12.1. The summed E-state index contributed by atoms with van der Waals surface area (Å²) in [5.74, 6) is -0.825. The molecule has 1 aliphatic rings. The van der Waals surface area contributed by atoms with Crippen LogP contribution in [0.4, 0.5) is 4.79 Å². The molecule has 1 fully saturated rings. The second kappa shape index (κ2) is 7.43. The number of hydrogen-bond acceptors (Lipinski definition) is 5. The first-order valence-electron chi connectivity index (χ1n) is 7.58. The van der Waals surface area contributed by atoms with Crippen molar-refractivity contribution in [2.45, 2.75) is 18.0 Å². The van der Waals surface area contributed by atoms with Gasteiger partial charge in [-0.3, -0.25) is 4.90 Å². The van der Waals surface area contributed by atoms with Crippen molar-refractivity contribution in [1.82, 2.24) is 4.90 Å². The van der Waals surface area contributed by atoms with Gasteiger partial charge in [-0.15, -0.1) is 11.8 Å². The van der Waals surface area contributed by atoms with Crippen molar-refractivity contribution in [2.75, 3.05) is 5.75 Å². The zero-order valence-corrected chi connectivity index (χ0v) is 14.0. The summed E-state index contributed by atoms with van der Waals surface area (Å²) in [7, 11) is 0. The summed E-state index contributed by atoms with van der Waals surface area (Å²) in [6, 6.07) is 11.3. The molecule has 0 saturated carbocycles. The van der Waals surface area contributed by atoms with Crippen LogP contribution in [0, 0.1) is 5.21 Å². The van der Waals surface area contributed by atoms with Crippen LogP contribution in [-0.2, 0) is 16.1 Å². The Morgan fingerprint density at radius 2 is 1.92 bits per heavy atom. The zero-order chi connectivity index (χ0) is 17.8. The van der Waals surface area contributed by atoms with Crippen molar-refractivity contribution in [3.63, 3.8) is 0 Å². The molecule has 1 unspecified atom stereocenters. The van der Waals surface area contributed by atoms with Crippen LogP contribution in [0.1, 0.15) is 16.5 Å². The monoisotopic (exact) mass is 360 g/mol. The second-order valence-electron chi connectivity index (χ2n) is 5.48. The van der Waals surface area contributed by atoms with Crippen molar-refractivity contribution in [3.05, 3.63) is 71.2 Å². The summed E-state index contributed by atoms with van der Waals surface area (Å²) < 4.78 is 5.95. The van der Waals surface area contributed by atoms with E-state index < -0.39 is 23.5 Å². The summed E-state index contributed by atoms with van der Waals surface area (Å²) >= 11 is 1.33. The van der Waals surface area contributed by atoms with Gasteiger partial charge < -0.3 is 15.1 Å². The van der Waals surface area contributed by atoms with Crippen LogP contribution in [-0.4, -0.2) is 33.9 Å². The van der Waals surface area contributed by atoms with E-state index in [2.05, 4.69) is 0 Å². The molecule has 3 rings (SSSR count). The number of rotatable bonds is 4. The minimum atomic E-state index is -1.08. The first-order valence-corrected chi connectivity index (χ1v) is 8.63. The highest BCUT2D eigenvalue weighted by Crippen LogP contribution is 2.41. The van der Waals surface area contributed by atoms with Gasteiger partial charge in [0.15, 0.2) is 12.4 Å². The van der Waals surface area contributed by atoms with Crippen LogP contribution in [0.5, 0.6) is 0 Å². The molecule has 1 saturated heterocycles. The fourth-order valence-corrected chi connectivity index (χ4v) is 3.97. The first kappa shape index (κ1) is 17.1. The lowest BCUT2D eigenvalue weighted by Crippen LogP contribution is -2.43. The Bertz CT molecular complexity index is 753. The Morgan fingerprint density at radius 3 is 2.56 bits per heavy atom. The fraction of sp³-hybridized carbons (Fsp3) is 0.235. The Morgan fingerprint density at radius 1 is 1.24 bits per heavy atom. The Labute approximate surface area is 148 Å². The maximum absolute atomic E-state index is 12.5. The number of pyridine rings is 1. The van der Waals surface area contributed by atoms with E-state index in [-0.39, 0.29) is 12.4 Å². The molecule has 8 heteroatoms. The largest absolute Gasteiger partial charge is 0.619 e. The van der Waals surface area contributed by atoms with Gasteiger partial charge in [0.25, 0.3) is 0 Å². The lowest BCUT2D eigenvalue weighted by molar-refractivity contribution is -0.605. The van der Waals surface area contributed by atoms with E-state index in [1.54, 1.807) is 12.1 Å². The second-order valence-corrected chi connectivity index (χ2v) is 6.59. The van der Waals surface area contributed by atoms with Crippen LogP contribution in [0.2, 0.25) is 0 Å². The Kier molecular flexibility index (Phi) is 5.08. The number of amides is 1. The molecule has 130 valence electrons. The molecule has 25 heavy (non-hydrogen) atoms. The fourth-order valence-electron chi connectivity index (χ4n) is 2.56. The van der Waals surface area contributed by atoms with Crippen molar-refractivity contribution < 1.29 is 24.2 Å². The maximum atomic E-state index is 12.5. The van der Waals surface area contributed by atoms with E-state index in [0.717, 1.165) is 5.56 Å². The predicted octanol–water partition coefficient (Wildman–Crippen LogP) is 2.16. The molecule has 7 nitrogen and oxygen atoms in total. The molecular weight excluding hydrogens is 344 g/mol. The van der Waals surface area contributed by atoms with E-state index in [1.165, 1.54) is 29.1 Å². The molecule has 2 atom stereocenters. The maximum Gasteiger partial charge on any atom is 0.412 e. The average Bonchev–Trinajstić information content (AvgIpc) is 3.06. The summed E-state index contributed by atoms with van der Waals surface area (Å²) in [6.45, 7) is 0.0647. The van der Waals surface area contributed by atoms with Crippen LogP contribution in [0.25, 0.3) is 0 Å². The average molecular weight is 360 g/mol. The van der Waals surface area contributed by atoms with Crippen molar-refractivity contribution in [2.24, 2.45) is 0 Å². The number of carboxylic acids is 1. The normalized spacial score (nSPS) is 19.6. The molecule has 1 N–H and O–H groups in total. The number of thioether (sulfide) groups is 1. The van der Waals surface area contributed by atoms with Gasteiger partial charge in [0.2, 0.25) is 0 Å². The molecule has 1 aromatic heterocycles. The van der Waals surface area contributed by atoms with Crippen LogP contribution in [0.15, 0.2) is 54.9 Å². The van der Waals surface area contributed by atoms with Crippen LogP contribution in [0.3, 0.4) is 0 Å². The van der Waals surface area contributed by atoms with Crippen LogP contribution < -0.4 is 4.73 Å². The van der Waals surface area contributed by atoms with Crippen LogP contribution >= 0.6 is 11.8 Å². The molecule has 0 bridgehead atoms. The highest BCUT2D eigenvalue weighted by molar-refractivity contribution is 7.99. The summed E-state index contributed by atoms with van der Waals surface area (Å²) in [4.78, 5) is 25.3. The Balaban J connectivity index is 1.78.